The van der Waals surface area contributed by atoms with Crippen molar-refractivity contribution in [1.82, 2.24) is 4.90 Å². The average Bonchev–Trinajstić information content (AvgIpc) is 2.54. The third-order valence-corrected chi connectivity index (χ3v) is 4.20. The zero-order valence-corrected chi connectivity index (χ0v) is 15.0. The predicted molar refractivity (Wildman–Crippen MR) is 94.4 cm³/mol. The molecule has 1 fully saturated rings. The molecule has 1 aliphatic heterocycles. The Morgan fingerprint density at radius 3 is 2.13 bits per heavy atom. The molecule has 0 spiro atoms. The zero-order valence-electron chi connectivity index (χ0n) is 12.7. The van der Waals surface area contributed by atoms with Crippen molar-refractivity contribution in [1.29, 1.82) is 0 Å². The third-order valence-electron chi connectivity index (χ3n) is 3.68. The number of piperazine rings is 1. The summed E-state index contributed by atoms with van der Waals surface area (Å²) >= 11 is 16.5. The molecule has 0 radical (unpaired) electrons. The van der Waals surface area contributed by atoms with Gasteiger partial charge in [-0.1, -0.05) is 41.7 Å². The van der Waals surface area contributed by atoms with Crippen LogP contribution in [0, 0.1) is 0 Å². The maximum atomic E-state index is 11.7. The first-order chi connectivity index (χ1) is 10.8. The molecule has 0 bridgehead atoms. The summed E-state index contributed by atoms with van der Waals surface area (Å²) in [5, 5.41) is 2.54. The first-order valence-electron chi connectivity index (χ1n) is 7.32. The molecule has 2 amide bonds. The summed E-state index contributed by atoms with van der Waals surface area (Å²) in [4.78, 5) is 27.3. The molecule has 0 atom stereocenters. The van der Waals surface area contributed by atoms with E-state index in [0.717, 1.165) is 31.9 Å². The van der Waals surface area contributed by atoms with E-state index >= 15 is 0 Å². The lowest BCUT2D eigenvalue weighted by molar-refractivity contribution is -0.131. The van der Waals surface area contributed by atoms with Gasteiger partial charge in [0.15, 0.2) is 0 Å². The van der Waals surface area contributed by atoms with E-state index in [1.54, 1.807) is 12.1 Å². The summed E-state index contributed by atoms with van der Waals surface area (Å²) in [5.41, 5.74) is 1.59. The lowest BCUT2D eigenvalue weighted by atomic mass is 10.2. The predicted octanol–water partition coefficient (Wildman–Crippen LogP) is 3.05. The van der Waals surface area contributed by atoms with Crippen LogP contribution in [0.2, 0.25) is 0 Å². The van der Waals surface area contributed by atoms with Crippen molar-refractivity contribution in [3.63, 3.8) is 0 Å². The van der Waals surface area contributed by atoms with Gasteiger partial charge in [-0.15, -0.1) is 0 Å². The Hall–Kier alpha value is -1.17. The van der Waals surface area contributed by atoms with E-state index in [2.05, 4.69) is 10.2 Å². The van der Waals surface area contributed by atoms with Gasteiger partial charge in [0.2, 0.25) is 5.91 Å². The number of carbonyl (C=O) groups excluding carboxylic acids is 2. The Labute approximate surface area is 150 Å². The highest BCUT2D eigenvalue weighted by Gasteiger charge is 2.30. The summed E-state index contributed by atoms with van der Waals surface area (Å²) in [6.07, 6.45) is 0.539. The molecule has 1 heterocycles. The van der Waals surface area contributed by atoms with Crippen molar-refractivity contribution >= 4 is 58.0 Å². The van der Waals surface area contributed by atoms with Crippen LogP contribution in [-0.4, -0.2) is 46.7 Å². The second-order valence-electron chi connectivity index (χ2n) is 5.22. The molecule has 0 aliphatic carbocycles. The second-order valence-corrected chi connectivity index (χ2v) is 7.50. The SMILES string of the molecule is CCC(=O)N1CCN(c2ccc(NC(=O)C(Cl)(Cl)Cl)cc2)CC1. The number of rotatable bonds is 3. The van der Waals surface area contributed by atoms with Crippen LogP contribution >= 0.6 is 34.8 Å². The summed E-state index contributed by atoms with van der Waals surface area (Å²) in [6.45, 7) is 4.88. The lowest BCUT2D eigenvalue weighted by Crippen LogP contribution is -2.48. The average molecular weight is 379 g/mol. The maximum absolute atomic E-state index is 11.7. The summed E-state index contributed by atoms with van der Waals surface area (Å²) in [5.74, 6) is -0.503. The highest BCUT2D eigenvalue weighted by atomic mass is 35.6. The number of nitrogens with one attached hydrogen (secondary N) is 1. The van der Waals surface area contributed by atoms with Gasteiger partial charge in [0, 0.05) is 44.0 Å². The lowest BCUT2D eigenvalue weighted by Gasteiger charge is -2.36. The molecule has 0 unspecified atom stereocenters. The maximum Gasteiger partial charge on any atom is 0.276 e. The zero-order chi connectivity index (χ0) is 17.0. The van der Waals surface area contributed by atoms with Gasteiger partial charge >= 0.3 is 0 Å². The van der Waals surface area contributed by atoms with Gasteiger partial charge in [-0.2, -0.15) is 0 Å². The summed E-state index contributed by atoms with van der Waals surface area (Å²) < 4.78 is -1.99. The number of alkyl halides is 3. The van der Waals surface area contributed by atoms with Crippen LogP contribution in [0.15, 0.2) is 24.3 Å². The highest BCUT2D eigenvalue weighted by Crippen LogP contribution is 2.28. The second kappa shape index (κ2) is 7.60. The van der Waals surface area contributed by atoms with E-state index < -0.39 is 9.70 Å². The molecule has 1 saturated heterocycles. The number of carbonyl (C=O) groups is 2. The summed E-state index contributed by atoms with van der Waals surface area (Å²) in [7, 11) is 0. The standard InChI is InChI=1S/C15H18Cl3N3O2/c1-2-13(22)21-9-7-20(8-10-21)12-5-3-11(4-6-12)19-14(23)15(16,17)18/h3-6H,2,7-10H2,1H3,(H,19,23). The van der Waals surface area contributed by atoms with Crippen molar-refractivity contribution in [2.45, 2.75) is 17.1 Å². The minimum absolute atomic E-state index is 0.189. The molecule has 2 rings (SSSR count). The molecule has 126 valence electrons. The van der Waals surface area contributed by atoms with E-state index in [9.17, 15) is 9.59 Å². The molecule has 8 heteroatoms. The first kappa shape index (κ1) is 18.2. The van der Waals surface area contributed by atoms with Gasteiger partial charge in [-0.05, 0) is 24.3 Å². The van der Waals surface area contributed by atoms with Gasteiger partial charge in [0.1, 0.15) is 0 Å². The van der Waals surface area contributed by atoms with Gasteiger partial charge < -0.3 is 15.1 Å². The number of amides is 2. The van der Waals surface area contributed by atoms with Crippen LogP contribution in [0.4, 0.5) is 11.4 Å². The fourth-order valence-corrected chi connectivity index (χ4v) is 2.54. The number of hydrogen-bond acceptors (Lipinski definition) is 3. The van der Waals surface area contributed by atoms with Gasteiger partial charge in [0.05, 0.1) is 0 Å². The number of benzene rings is 1. The largest absolute Gasteiger partial charge is 0.368 e. The highest BCUT2D eigenvalue weighted by molar-refractivity contribution is 6.76. The van der Waals surface area contributed by atoms with Crippen molar-refractivity contribution < 1.29 is 9.59 Å². The number of hydrogen-bond donors (Lipinski definition) is 1. The number of halogens is 3. The number of anilines is 2. The molecule has 23 heavy (non-hydrogen) atoms. The van der Waals surface area contributed by atoms with E-state index in [1.807, 2.05) is 24.0 Å². The van der Waals surface area contributed by atoms with Gasteiger partial charge in [-0.25, -0.2) is 0 Å². The first-order valence-corrected chi connectivity index (χ1v) is 8.45. The Morgan fingerprint density at radius 2 is 1.65 bits per heavy atom. The topological polar surface area (TPSA) is 52.7 Å². The smallest absolute Gasteiger partial charge is 0.276 e. The molecule has 1 aliphatic rings. The van der Waals surface area contributed by atoms with Crippen LogP contribution in [0.5, 0.6) is 0 Å². The molecule has 1 N–H and O–H groups in total. The normalized spacial score (nSPS) is 15.5. The fraction of sp³-hybridized carbons (Fsp3) is 0.467. The minimum Gasteiger partial charge on any atom is -0.368 e. The molecular formula is C15H18Cl3N3O2. The molecule has 0 aromatic heterocycles. The number of nitrogens with zero attached hydrogens (tertiary/aromatic N) is 2. The minimum atomic E-state index is -1.99. The van der Waals surface area contributed by atoms with Gasteiger partial charge in [-0.3, -0.25) is 9.59 Å². The third kappa shape index (κ3) is 4.90. The van der Waals surface area contributed by atoms with Crippen molar-refractivity contribution in [3.05, 3.63) is 24.3 Å². The van der Waals surface area contributed by atoms with Crippen LogP contribution in [0.1, 0.15) is 13.3 Å². The Kier molecular flexibility index (Phi) is 6.00. The molecule has 0 saturated carbocycles. The van der Waals surface area contributed by atoms with E-state index in [1.165, 1.54) is 0 Å². The summed E-state index contributed by atoms with van der Waals surface area (Å²) in [6, 6.07) is 7.30. The van der Waals surface area contributed by atoms with Crippen LogP contribution < -0.4 is 10.2 Å². The van der Waals surface area contributed by atoms with E-state index in [-0.39, 0.29) is 5.91 Å². The van der Waals surface area contributed by atoms with Gasteiger partial charge in [0.25, 0.3) is 9.70 Å². The van der Waals surface area contributed by atoms with Crippen molar-refractivity contribution in [2.24, 2.45) is 0 Å². The van der Waals surface area contributed by atoms with Crippen LogP contribution in [-0.2, 0) is 9.59 Å². The quantitative estimate of drug-likeness (QED) is 0.823. The van der Waals surface area contributed by atoms with E-state index in [0.29, 0.717) is 12.1 Å². The Bertz CT molecular complexity index is 564. The molecular weight excluding hydrogens is 361 g/mol. The Balaban J connectivity index is 1.93. The van der Waals surface area contributed by atoms with Crippen LogP contribution in [0.3, 0.4) is 0 Å². The molecule has 1 aromatic rings. The van der Waals surface area contributed by atoms with E-state index in [4.69, 9.17) is 34.8 Å². The van der Waals surface area contributed by atoms with Crippen molar-refractivity contribution in [3.8, 4) is 0 Å². The molecule has 5 nitrogen and oxygen atoms in total. The fourth-order valence-electron chi connectivity index (χ4n) is 2.40. The Morgan fingerprint density at radius 1 is 1.09 bits per heavy atom. The van der Waals surface area contributed by atoms with Crippen LogP contribution in [0.25, 0.3) is 0 Å². The monoisotopic (exact) mass is 377 g/mol. The van der Waals surface area contributed by atoms with Crippen molar-refractivity contribution in [2.75, 3.05) is 36.4 Å². The molecule has 1 aromatic carbocycles.